The normalized spacial score (nSPS) is 12.2. The van der Waals surface area contributed by atoms with Gasteiger partial charge in [0.2, 0.25) is 0 Å². The van der Waals surface area contributed by atoms with Gasteiger partial charge in [0.15, 0.2) is 0 Å². The molecule has 1 aromatic heterocycles. The van der Waals surface area contributed by atoms with Gasteiger partial charge in [-0.05, 0) is 88.8 Å². The fraction of sp³-hybridized carbons (Fsp3) is 0. The van der Waals surface area contributed by atoms with E-state index in [-0.39, 0.29) is 0 Å². The summed E-state index contributed by atoms with van der Waals surface area (Å²) in [5.41, 5.74) is 6.62. The van der Waals surface area contributed by atoms with Crippen molar-refractivity contribution in [2.24, 2.45) is 0 Å². The molecule has 10 rings (SSSR count). The summed E-state index contributed by atoms with van der Waals surface area (Å²) >= 11 is 0. The molecule has 198 valence electrons. The number of rotatable bonds is 2. The van der Waals surface area contributed by atoms with E-state index >= 15 is 0 Å². The zero-order valence-corrected chi connectivity index (χ0v) is 23.3. The standard InChI is InChI=1S/C42H24O/c1-2-10-30-28(7-1)23-37(33-12-4-3-11-32(30)33)35-13-6-14-36-38-24-29(19-22-39(38)43-42(35)36)31-20-17-27-16-15-25-8-5-9-26-18-21-34(31)41(27)40(25)26/h1-24H. The highest BCUT2D eigenvalue weighted by Crippen LogP contribution is 2.43. The summed E-state index contributed by atoms with van der Waals surface area (Å²) in [6, 6.07) is 53.1. The highest BCUT2D eigenvalue weighted by Gasteiger charge is 2.17. The highest BCUT2D eigenvalue weighted by atomic mass is 16.3. The van der Waals surface area contributed by atoms with Gasteiger partial charge in [0.05, 0.1) is 0 Å². The van der Waals surface area contributed by atoms with Crippen LogP contribution in [0.1, 0.15) is 0 Å². The van der Waals surface area contributed by atoms with E-state index < -0.39 is 0 Å². The van der Waals surface area contributed by atoms with E-state index in [4.69, 9.17) is 4.42 Å². The quantitative estimate of drug-likeness (QED) is 0.197. The van der Waals surface area contributed by atoms with E-state index in [1.54, 1.807) is 0 Å². The van der Waals surface area contributed by atoms with Gasteiger partial charge < -0.3 is 4.42 Å². The minimum atomic E-state index is 0.911. The third-order valence-corrected chi connectivity index (χ3v) is 9.39. The molecular formula is C42H24O. The Balaban J connectivity index is 1.22. The number of fused-ring (bicyclic) bond motifs is 6. The lowest BCUT2D eigenvalue weighted by molar-refractivity contribution is 0.670. The van der Waals surface area contributed by atoms with Crippen molar-refractivity contribution in [1.82, 2.24) is 0 Å². The van der Waals surface area contributed by atoms with Crippen molar-refractivity contribution >= 4 is 75.8 Å². The predicted molar refractivity (Wildman–Crippen MR) is 183 cm³/mol. The summed E-state index contributed by atoms with van der Waals surface area (Å²) in [5.74, 6) is 0. The zero-order valence-electron chi connectivity index (χ0n) is 23.3. The molecule has 10 aromatic rings. The van der Waals surface area contributed by atoms with E-state index in [1.807, 2.05) is 0 Å². The van der Waals surface area contributed by atoms with Gasteiger partial charge in [-0.2, -0.15) is 0 Å². The fourth-order valence-corrected chi connectivity index (χ4v) is 7.44. The maximum absolute atomic E-state index is 6.67. The Morgan fingerprint density at radius 1 is 0.326 bits per heavy atom. The summed E-state index contributed by atoms with van der Waals surface area (Å²) in [4.78, 5) is 0. The Hall–Kier alpha value is -5.66. The van der Waals surface area contributed by atoms with Gasteiger partial charge in [-0.25, -0.2) is 0 Å². The SMILES string of the molecule is c1ccc2c(c1)cc(-c1cccc3c1oc1ccc(-c4ccc5ccc6cccc7ccc4c5c67)cc13)c1ccccc12. The van der Waals surface area contributed by atoms with E-state index in [0.717, 1.165) is 27.5 Å². The average molecular weight is 545 g/mol. The van der Waals surface area contributed by atoms with Crippen molar-refractivity contribution in [1.29, 1.82) is 0 Å². The first kappa shape index (κ1) is 23.0. The summed E-state index contributed by atoms with van der Waals surface area (Å²) in [6.07, 6.45) is 0. The lowest BCUT2D eigenvalue weighted by atomic mass is 9.89. The largest absolute Gasteiger partial charge is 0.455 e. The Kier molecular flexibility index (Phi) is 4.51. The molecule has 0 fully saturated rings. The first-order chi connectivity index (χ1) is 21.3. The van der Waals surface area contributed by atoms with Crippen LogP contribution in [-0.4, -0.2) is 0 Å². The molecule has 0 amide bonds. The third kappa shape index (κ3) is 3.17. The molecule has 0 aliphatic heterocycles. The van der Waals surface area contributed by atoms with E-state index in [2.05, 4.69) is 146 Å². The molecule has 0 radical (unpaired) electrons. The Labute approximate surface area is 247 Å². The van der Waals surface area contributed by atoms with Gasteiger partial charge in [-0.15, -0.1) is 0 Å². The van der Waals surface area contributed by atoms with Crippen LogP contribution in [-0.2, 0) is 0 Å². The summed E-state index contributed by atoms with van der Waals surface area (Å²) < 4.78 is 6.67. The van der Waals surface area contributed by atoms with Gasteiger partial charge in [-0.1, -0.05) is 127 Å². The van der Waals surface area contributed by atoms with Crippen molar-refractivity contribution in [2.75, 3.05) is 0 Å². The number of hydrogen-bond donors (Lipinski definition) is 0. The molecular weight excluding hydrogens is 520 g/mol. The third-order valence-electron chi connectivity index (χ3n) is 9.39. The Morgan fingerprint density at radius 2 is 1.00 bits per heavy atom. The maximum Gasteiger partial charge on any atom is 0.143 e. The highest BCUT2D eigenvalue weighted by molar-refractivity contribution is 6.26. The molecule has 0 bridgehead atoms. The lowest BCUT2D eigenvalue weighted by Crippen LogP contribution is -1.87. The Morgan fingerprint density at radius 3 is 1.88 bits per heavy atom. The van der Waals surface area contributed by atoms with Crippen molar-refractivity contribution in [2.45, 2.75) is 0 Å². The van der Waals surface area contributed by atoms with Crippen molar-refractivity contribution in [3.05, 3.63) is 146 Å². The van der Waals surface area contributed by atoms with E-state index in [0.29, 0.717) is 0 Å². The van der Waals surface area contributed by atoms with Gasteiger partial charge >= 0.3 is 0 Å². The lowest BCUT2D eigenvalue weighted by Gasteiger charge is -2.14. The van der Waals surface area contributed by atoms with Gasteiger partial charge in [0.1, 0.15) is 11.2 Å². The van der Waals surface area contributed by atoms with Gasteiger partial charge in [-0.3, -0.25) is 0 Å². The van der Waals surface area contributed by atoms with Crippen LogP contribution < -0.4 is 0 Å². The fourth-order valence-electron chi connectivity index (χ4n) is 7.44. The topological polar surface area (TPSA) is 13.1 Å². The van der Waals surface area contributed by atoms with Crippen LogP contribution in [0.15, 0.2) is 150 Å². The van der Waals surface area contributed by atoms with Crippen LogP contribution in [0.2, 0.25) is 0 Å². The molecule has 0 atom stereocenters. The maximum atomic E-state index is 6.67. The summed E-state index contributed by atoms with van der Waals surface area (Å²) in [6.45, 7) is 0. The minimum absolute atomic E-state index is 0.911. The molecule has 0 N–H and O–H groups in total. The van der Waals surface area contributed by atoms with Crippen LogP contribution >= 0.6 is 0 Å². The summed E-state index contributed by atoms with van der Waals surface area (Å²) in [5, 5.41) is 15.1. The Bertz CT molecular complexity index is 2710. The number of furan rings is 1. The molecule has 1 heteroatoms. The molecule has 0 saturated heterocycles. The predicted octanol–water partition coefficient (Wildman–Crippen LogP) is 12.1. The first-order valence-electron chi connectivity index (χ1n) is 14.8. The molecule has 0 aliphatic rings. The minimum Gasteiger partial charge on any atom is -0.455 e. The monoisotopic (exact) mass is 544 g/mol. The van der Waals surface area contributed by atoms with Gasteiger partial charge in [0.25, 0.3) is 0 Å². The number of para-hydroxylation sites is 1. The molecule has 0 aliphatic carbocycles. The van der Waals surface area contributed by atoms with Crippen LogP contribution in [0.25, 0.3) is 98.1 Å². The van der Waals surface area contributed by atoms with Crippen LogP contribution in [0.5, 0.6) is 0 Å². The zero-order chi connectivity index (χ0) is 28.1. The number of benzene rings is 9. The van der Waals surface area contributed by atoms with Crippen LogP contribution in [0, 0.1) is 0 Å². The van der Waals surface area contributed by atoms with Crippen molar-refractivity contribution in [3.8, 4) is 22.3 Å². The van der Waals surface area contributed by atoms with E-state index in [9.17, 15) is 0 Å². The second kappa shape index (κ2) is 8.44. The molecule has 1 heterocycles. The van der Waals surface area contributed by atoms with E-state index in [1.165, 1.54) is 70.6 Å². The van der Waals surface area contributed by atoms with Gasteiger partial charge in [0, 0.05) is 16.3 Å². The number of hydrogen-bond acceptors (Lipinski definition) is 1. The van der Waals surface area contributed by atoms with Crippen LogP contribution in [0.4, 0.5) is 0 Å². The second-order valence-electron chi connectivity index (χ2n) is 11.7. The average Bonchev–Trinajstić information content (AvgIpc) is 3.45. The van der Waals surface area contributed by atoms with Crippen LogP contribution in [0.3, 0.4) is 0 Å². The summed E-state index contributed by atoms with van der Waals surface area (Å²) in [7, 11) is 0. The molecule has 43 heavy (non-hydrogen) atoms. The van der Waals surface area contributed by atoms with Crippen molar-refractivity contribution < 1.29 is 4.42 Å². The smallest absolute Gasteiger partial charge is 0.143 e. The first-order valence-corrected chi connectivity index (χ1v) is 14.8. The second-order valence-corrected chi connectivity index (χ2v) is 11.7. The molecule has 0 unspecified atom stereocenters. The molecule has 0 spiro atoms. The molecule has 0 saturated carbocycles. The molecule has 1 nitrogen and oxygen atoms in total. The molecule has 9 aromatic carbocycles. The van der Waals surface area contributed by atoms with Crippen molar-refractivity contribution in [3.63, 3.8) is 0 Å².